The van der Waals surface area contributed by atoms with Crippen molar-refractivity contribution in [3.8, 4) is 0 Å². The summed E-state index contributed by atoms with van der Waals surface area (Å²) in [4.78, 5) is 24.9. The van der Waals surface area contributed by atoms with Crippen molar-refractivity contribution in [3.63, 3.8) is 0 Å². The van der Waals surface area contributed by atoms with Crippen LogP contribution in [0, 0.1) is 0 Å². The number of hydrogen-bond acceptors (Lipinski definition) is 2. The largest absolute Gasteiger partial charge is 0.334 e. The molecule has 0 aromatic rings. The number of carbonyl (C=O) groups is 2. The number of carbonyl (C=O) groups excluding carboxylic acids is 2. The summed E-state index contributed by atoms with van der Waals surface area (Å²) in [6.07, 6.45) is 2.60. The molecule has 1 unspecified atom stereocenters. The van der Waals surface area contributed by atoms with Gasteiger partial charge < -0.3 is 4.90 Å². The normalized spacial score (nSPS) is 32.2. The van der Waals surface area contributed by atoms with Crippen LogP contribution in [0.1, 0.15) is 39.5 Å². The lowest BCUT2D eigenvalue weighted by Crippen LogP contribution is -2.54. The first-order valence-electron chi connectivity index (χ1n) is 4.84. The van der Waals surface area contributed by atoms with Gasteiger partial charge in [-0.15, -0.1) is 0 Å². The number of Topliss-reactive ketones (excluding diaryl/α,β-unsaturated/α-hetero) is 1. The third-order valence-electron chi connectivity index (χ3n) is 3.07. The smallest absolute Gasteiger partial charge is 0.223 e. The Bertz CT molecular complexity index is 270. The molecule has 2 rings (SSSR count). The summed E-state index contributed by atoms with van der Waals surface area (Å²) in [5.74, 6) is 0.531. The van der Waals surface area contributed by atoms with Gasteiger partial charge in [-0.05, 0) is 20.3 Å². The van der Waals surface area contributed by atoms with Gasteiger partial charge in [-0.25, -0.2) is 0 Å². The molecule has 2 fully saturated rings. The molecule has 0 aromatic heterocycles. The van der Waals surface area contributed by atoms with Crippen molar-refractivity contribution in [1.29, 1.82) is 0 Å². The number of piperidine rings is 1. The summed E-state index contributed by atoms with van der Waals surface area (Å²) in [6, 6.07) is 0.198. The molecule has 2 aliphatic heterocycles. The highest BCUT2D eigenvalue weighted by Crippen LogP contribution is 2.36. The van der Waals surface area contributed by atoms with Gasteiger partial charge in [-0.3, -0.25) is 9.59 Å². The minimum Gasteiger partial charge on any atom is -0.334 e. The predicted octanol–water partition coefficient (Wildman–Crippen LogP) is 1.12. The van der Waals surface area contributed by atoms with Crippen LogP contribution in [0.2, 0.25) is 0 Å². The van der Waals surface area contributed by atoms with Gasteiger partial charge >= 0.3 is 0 Å². The zero-order valence-electron chi connectivity index (χ0n) is 8.17. The van der Waals surface area contributed by atoms with Crippen molar-refractivity contribution in [2.24, 2.45) is 0 Å². The molecule has 0 saturated carbocycles. The highest BCUT2D eigenvalue weighted by atomic mass is 16.2. The Morgan fingerprint density at radius 2 is 2.08 bits per heavy atom. The lowest BCUT2D eigenvalue weighted by molar-refractivity contribution is -0.141. The number of fused-ring (bicyclic) bond motifs is 1. The highest BCUT2D eigenvalue weighted by Gasteiger charge is 2.45. The molecule has 2 aliphatic rings. The Labute approximate surface area is 78.1 Å². The van der Waals surface area contributed by atoms with E-state index in [0.29, 0.717) is 25.0 Å². The van der Waals surface area contributed by atoms with E-state index in [9.17, 15) is 9.59 Å². The fourth-order valence-corrected chi connectivity index (χ4v) is 2.67. The molecule has 0 N–H and O–H groups in total. The second kappa shape index (κ2) is 2.56. The molecule has 1 amide bonds. The first-order valence-corrected chi connectivity index (χ1v) is 4.84. The van der Waals surface area contributed by atoms with E-state index >= 15 is 0 Å². The summed E-state index contributed by atoms with van der Waals surface area (Å²) in [6.45, 7) is 3.97. The van der Waals surface area contributed by atoms with Crippen LogP contribution >= 0.6 is 0 Å². The van der Waals surface area contributed by atoms with Crippen molar-refractivity contribution < 1.29 is 9.59 Å². The maximum Gasteiger partial charge on any atom is 0.223 e. The summed E-state index contributed by atoms with van der Waals surface area (Å²) in [7, 11) is 0. The van der Waals surface area contributed by atoms with Gasteiger partial charge in [-0.1, -0.05) is 0 Å². The lowest BCUT2D eigenvalue weighted by atomic mass is 9.86. The molecular weight excluding hydrogens is 166 g/mol. The molecule has 0 spiro atoms. The lowest BCUT2D eigenvalue weighted by Gasteiger charge is -2.43. The van der Waals surface area contributed by atoms with E-state index in [1.807, 2.05) is 18.7 Å². The van der Waals surface area contributed by atoms with Crippen LogP contribution in [0.5, 0.6) is 0 Å². The summed E-state index contributed by atoms with van der Waals surface area (Å²) >= 11 is 0. The third kappa shape index (κ3) is 1.26. The minimum absolute atomic E-state index is 0.198. The van der Waals surface area contributed by atoms with Crippen LogP contribution in [-0.2, 0) is 9.59 Å². The zero-order valence-corrected chi connectivity index (χ0v) is 8.17. The topological polar surface area (TPSA) is 37.4 Å². The Kier molecular flexibility index (Phi) is 1.72. The molecule has 13 heavy (non-hydrogen) atoms. The molecule has 0 aromatic carbocycles. The standard InChI is InChI=1S/C10H15NO2/c1-10(2)6-8(12)5-7-3-4-9(13)11(7)10/h7H,3-6H2,1-2H3. The molecule has 3 heteroatoms. The monoisotopic (exact) mass is 181 g/mol. The molecule has 0 aliphatic carbocycles. The van der Waals surface area contributed by atoms with E-state index < -0.39 is 0 Å². The average molecular weight is 181 g/mol. The second-order valence-corrected chi connectivity index (χ2v) is 4.69. The SMILES string of the molecule is CC1(C)CC(=O)CC2CCC(=O)N21. The van der Waals surface area contributed by atoms with E-state index in [-0.39, 0.29) is 17.5 Å². The van der Waals surface area contributed by atoms with Crippen LogP contribution in [0.15, 0.2) is 0 Å². The maximum absolute atomic E-state index is 11.5. The fourth-order valence-electron chi connectivity index (χ4n) is 2.67. The highest BCUT2D eigenvalue weighted by molar-refractivity contribution is 5.87. The molecule has 2 saturated heterocycles. The van der Waals surface area contributed by atoms with Gasteiger partial charge in [-0.2, -0.15) is 0 Å². The van der Waals surface area contributed by atoms with E-state index in [1.54, 1.807) is 0 Å². The van der Waals surface area contributed by atoms with Crippen molar-refractivity contribution in [3.05, 3.63) is 0 Å². The average Bonchev–Trinajstić information content (AvgIpc) is 2.29. The van der Waals surface area contributed by atoms with Gasteiger partial charge in [0.25, 0.3) is 0 Å². The zero-order chi connectivity index (χ0) is 9.64. The van der Waals surface area contributed by atoms with Gasteiger partial charge in [0, 0.05) is 30.8 Å². The summed E-state index contributed by atoms with van der Waals surface area (Å²) in [5, 5.41) is 0. The van der Waals surface area contributed by atoms with Crippen molar-refractivity contribution in [2.75, 3.05) is 0 Å². The molecule has 3 nitrogen and oxygen atoms in total. The molecular formula is C10H15NO2. The molecule has 0 radical (unpaired) electrons. The van der Waals surface area contributed by atoms with Crippen LogP contribution in [-0.4, -0.2) is 28.2 Å². The number of hydrogen-bond donors (Lipinski definition) is 0. The Balaban J connectivity index is 2.29. The minimum atomic E-state index is -0.242. The summed E-state index contributed by atoms with van der Waals surface area (Å²) < 4.78 is 0. The molecule has 72 valence electrons. The fraction of sp³-hybridized carbons (Fsp3) is 0.800. The van der Waals surface area contributed by atoms with E-state index in [1.165, 1.54) is 0 Å². The molecule has 2 heterocycles. The van der Waals surface area contributed by atoms with Gasteiger partial charge in [0.15, 0.2) is 0 Å². The number of ketones is 1. The molecule has 0 bridgehead atoms. The predicted molar refractivity (Wildman–Crippen MR) is 48.2 cm³/mol. The van der Waals surface area contributed by atoms with Gasteiger partial charge in [0.1, 0.15) is 5.78 Å². The van der Waals surface area contributed by atoms with Crippen molar-refractivity contribution >= 4 is 11.7 Å². The Hall–Kier alpha value is -0.860. The van der Waals surface area contributed by atoms with Gasteiger partial charge in [0.05, 0.1) is 0 Å². The van der Waals surface area contributed by atoms with E-state index in [4.69, 9.17) is 0 Å². The van der Waals surface area contributed by atoms with Crippen molar-refractivity contribution in [1.82, 2.24) is 4.90 Å². The van der Waals surface area contributed by atoms with E-state index in [0.717, 1.165) is 6.42 Å². The van der Waals surface area contributed by atoms with Crippen LogP contribution in [0.25, 0.3) is 0 Å². The second-order valence-electron chi connectivity index (χ2n) is 4.69. The number of amides is 1. The Morgan fingerprint density at radius 3 is 2.77 bits per heavy atom. The molecule has 1 atom stereocenters. The quantitative estimate of drug-likeness (QED) is 0.561. The van der Waals surface area contributed by atoms with Crippen LogP contribution in [0.4, 0.5) is 0 Å². The number of rotatable bonds is 0. The number of nitrogens with zero attached hydrogens (tertiary/aromatic N) is 1. The van der Waals surface area contributed by atoms with Gasteiger partial charge in [0.2, 0.25) is 5.91 Å². The Morgan fingerprint density at radius 1 is 1.38 bits per heavy atom. The first kappa shape index (κ1) is 8.73. The maximum atomic E-state index is 11.5. The van der Waals surface area contributed by atoms with Crippen LogP contribution in [0.3, 0.4) is 0 Å². The summed E-state index contributed by atoms with van der Waals surface area (Å²) in [5.41, 5.74) is -0.242. The first-order chi connectivity index (χ1) is 6.00. The van der Waals surface area contributed by atoms with E-state index in [2.05, 4.69) is 0 Å². The third-order valence-corrected chi connectivity index (χ3v) is 3.07. The van der Waals surface area contributed by atoms with Crippen LogP contribution < -0.4 is 0 Å². The van der Waals surface area contributed by atoms with Crippen molar-refractivity contribution in [2.45, 2.75) is 51.1 Å².